The molecule has 156 valence electrons. The zero-order valence-electron chi connectivity index (χ0n) is 15.6. The second-order valence-electron chi connectivity index (χ2n) is 7.22. The number of rotatable bonds is 4. The van der Waals surface area contributed by atoms with E-state index in [0.29, 0.717) is 32.0 Å². The molecule has 0 atom stereocenters. The summed E-state index contributed by atoms with van der Waals surface area (Å²) < 4.78 is 73.3. The first kappa shape index (κ1) is 20.0. The minimum absolute atomic E-state index is 0.0588. The highest BCUT2D eigenvalue weighted by Crippen LogP contribution is 2.37. The third kappa shape index (κ3) is 4.20. The van der Waals surface area contributed by atoms with Crippen molar-refractivity contribution in [2.24, 2.45) is 0 Å². The molecule has 0 spiro atoms. The summed E-state index contributed by atoms with van der Waals surface area (Å²) in [4.78, 5) is 1.88. The van der Waals surface area contributed by atoms with Gasteiger partial charge in [-0.05, 0) is 60.7 Å². The van der Waals surface area contributed by atoms with E-state index in [1.165, 1.54) is 12.1 Å². The van der Waals surface area contributed by atoms with Gasteiger partial charge < -0.3 is 9.64 Å². The topological polar surface area (TPSA) is 58.6 Å². The summed E-state index contributed by atoms with van der Waals surface area (Å²) in [5.41, 5.74) is 1.52. The molecule has 5 nitrogen and oxygen atoms in total. The van der Waals surface area contributed by atoms with Crippen molar-refractivity contribution in [1.82, 2.24) is 0 Å². The molecule has 1 fully saturated rings. The van der Waals surface area contributed by atoms with E-state index in [9.17, 15) is 21.6 Å². The fraction of sp³-hybridized carbons (Fsp3) is 0.400. The molecule has 2 aromatic carbocycles. The highest BCUT2D eigenvalue weighted by molar-refractivity contribution is 7.92. The van der Waals surface area contributed by atoms with Crippen LogP contribution in [-0.4, -0.2) is 34.7 Å². The number of nitrogens with zero attached hydrogens (tertiary/aromatic N) is 1. The molecule has 9 heteroatoms. The smallest absolute Gasteiger partial charge is 0.378 e. The molecule has 2 aliphatic rings. The quantitative estimate of drug-likeness (QED) is 0.807. The molecule has 29 heavy (non-hydrogen) atoms. The molecular formula is C20H21F3N2O3S. The summed E-state index contributed by atoms with van der Waals surface area (Å²) in [6.45, 7) is 1.80. The molecule has 1 aliphatic carbocycles. The molecule has 0 radical (unpaired) electrons. The normalized spacial score (nSPS) is 17.3. The van der Waals surface area contributed by atoms with Gasteiger partial charge in [-0.3, -0.25) is 4.72 Å². The number of benzene rings is 2. The van der Waals surface area contributed by atoms with Crippen LogP contribution in [0.1, 0.15) is 23.1 Å². The van der Waals surface area contributed by atoms with Crippen LogP contribution in [0.15, 0.2) is 41.3 Å². The number of hydrogen-bond donors (Lipinski definition) is 1. The summed E-state index contributed by atoms with van der Waals surface area (Å²) in [7, 11) is -4.03. The lowest BCUT2D eigenvalue weighted by Gasteiger charge is -2.31. The van der Waals surface area contributed by atoms with E-state index in [-0.39, 0.29) is 10.6 Å². The van der Waals surface area contributed by atoms with Crippen LogP contribution in [0.5, 0.6) is 0 Å². The Morgan fingerprint density at radius 1 is 0.966 bits per heavy atom. The molecule has 1 heterocycles. The van der Waals surface area contributed by atoms with Crippen LogP contribution in [0.25, 0.3) is 0 Å². The van der Waals surface area contributed by atoms with E-state index >= 15 is 0 Å². The van der Waals surface area contributed by atoms with Crippen molar-refractivity contribution in [3.63, 3.8) is 0 Å². The number of fused-ring (bicyclic) bond motifs is 1. The number of halogens is 3. The lowest BCUT2D eigenvalue weighted by Crippen LogP contribution is -2.36. The molecule has 1 N–H and O–H groups in total. The Kier molecular flexibility index (Phi) is 5.20. The second-order valence-corrected chi connectivity index (χ2v) is 8.90. The van der Waals surface area contributed by atoms with Gasteiger partial charge in [0.05, 0.1) is 35.0 Å². The molecule has 2 aromatic rings. The molecule has 0 unspecified atom stereocenters. The van der Waals surface area contributed by atoms with Crippen molar-refractivity contribution in [2.45, 2.75) is 30.3 Å². The van der Waals surface area contributed by atoms with Crippen LogP contribution in [0.4, 0.5) is 24.5 Å². The first-order chi connectivity index (χ1) is 13.7. The number of aryl methyl sites for hydroxylation is 2. The van der Waals surface area contributed by atoms with Crippen molar-refractivity contribution >= 4 is 21.4 Å². The third-order valence-corrected chi connectivity index (χ3v) is 6.66. The van der Waals surface area contributed by atoms with E-state index in [0.717, 1.165) is 42.5 Å². The Hall–Kier alpha value is -2.26. The molecule has 4 rings (SSSR count). The number of nitrogens with one attached hydrogen (secondary N) is 1. The summed E-state index contributed by atoms with van der Waals surface area (Å²) in [6.07, 6.45) is -1.88. The lowest BCUT2D eigenvalue weighted by molar-refractivity contribution is -0.137. The van der Waals surface area contributed by atoms with Gasteiger partial charge in [-0.15, -0.1) is 0 Å². The van der Waals surface area contributed by atoms with Gasteiger partial charge in [-0.2, -0.15) is 13.2 Å². The minimum atomic E-state index is -4.57. The number of anilines is 2. The van der Waals surface area contributed by atoms with E-state index in [2.05, 4.69) is 4.72 Å². The van der Waals surface area contributed by atoms with E-state index in [1.54, 1.807) is 12.1 Å². The number of hydrogen-bond acceptors (Lipinski definition) is 4. The van der Waals surface area contributed by atoms with Crippen LogP contribution in [-0.2, 0) is 33.8 Å². The molecule has 0 amide bonds. The molecule has 0 aromatic heterocycles. The summed E-state index contributed by atoms with van der Waals surface area (Å²) in [5, 5.41) is 0. The Bertz CT molecular complexity index is 1020. The van der Waals surface area contributed by atoms with Crippen LogP contribution in [0.3, 0.4) is 0 Å². The number of alkyl halides is 3. The zero-order chi connectivity index (χ0) is 20.6. The molecule has 1 aliphatic heterocycles. The van der Waals surface area contributed by atoms with Crippen LogP contribution in [0, 0.1) is 0 Å². The van der Waals surface area contributed by atoms with Gasteiger partial charge in [-0.25, -0.2) is 8.42 Å². The largest absolute Gasteiger partial charge is 0.416 e. The first-order valence-corrected chi connectivity index (χ1v) is 10.9. The predicted octanol–water partition coefficient (Wildman–Crippen LogP) is 3.83. The van der Waals surface area contributed by atoms with Crippen molar-refractivity contribution in [3.8, 4) is 0 Å². The average Bonchev–Trinajstić information content (AvgIpc) is 3.15. The number of sulfonamides is 1. The number of morpholine rings is 1. The van der Waals surface area contributed by atoms with Gasteiger partial charge in [0.2, 0.25) is 0 Å². The second kappa shape index (κ2) is 7.53. The van der Waals surface area contributed by atoms with Gasteiger partial charge in [0, 0.05) is 13.1 Å². The SMILES string of the molecule is O=S(=O)(Nc1cc(C(F)(F)F)ccc1N1CCOCC1)c1ccc2c(c1)CCC2. The minimum Gasteiger partial charge on any atom is -0.378 e. The average molecular weight is 426 g/mol. The number of ether oxygens (including phenoxy) is 1. The Morgan fingerprint density at radius 2 is 1.69 bits per heavy atom. The van der Waals surface area contributed by atoms with Crippen molar-refractivity contribution < 1.29 is 26.3 Å². The third-order valence-electron chi connectivity index (χ3n) is 5.30. The van der Waals surface area contributed by atoms with E-state index in [4.69, 9.17) is 4.74 Å². The van der Waals surface area contributed by atoms with Gasteiger partial charge >= 0.3 is 6.18 Å². The molecule has 0 bridgehead atoms. The van der Waals surface area contributed by atoms with E-state index in [1.807, 2.05) is 4.90 Å². The Balaban J connectivity index is 1.71. The maximum Gasteiger partial charge on any atom is 0.416 e. The van der Waals surface area contributed by atoms with Gasteiger partial charge in [0.1, 0.15) is 0 Å². The predicted molar refractivity (Wildman–Crippen MR) is 104 cm³/mol. The summed E-state index contributed by atoms with van der Waals surface area (Å²) in [6, 6.07) is 8.05. The van der Waals surface area contributed by atoms with Crippen LogP contribution < -0.4 is 9.62 Å². The highest BCUT2D eigenvalue weighted by atomic mass is 32.2. The lowest BCUT2D eigenvalue weighted by atomic mass is 10.1. The van der Waals surface area contributed by atoms with Crippen molar-refractivity contribution in [2.75, 3.05) is 35.9 Å². The van der Waals surface area contributed by atoms with Gasteiger partial charge in [0.25, 0.3) is 10.0 Å². The van der Waals surface area contributed by atoms with Crippen molar-refractivity contribution in [3.05, 3.63) is 53.1 Å². The molecular weight excluding hydrogens is 405 g/mol. The maximum absolute atomic E-state index is 13.2. The summed E-state index contributed by atoms with van der Waals surface area (Å²) >= 11 is 0. The van der Waals surface area contributed by atoms with Crippen LogP contribution >= 0.6 is 0 Å². The Labute approximate surface area is 167 Å². The van der Waals surface area contributed by atoms with E-state index < -0.39 is 21.8 Å². The fourth-order valence-electron chi connectivity index (χ4n) is 3.79. The summed E-state index contributed by atoms with van der Waals surface area (Å²) in [5.74, 6) is 0. The molecule has 1 saturated heterocycles. The maximum atomic E-state index is 13.2. The zero-order valence-corrected chi connectivity index (χ0v) is 16.4. The van der Waals surface area contributed by atoms with Gasteiger partial charge in [-0.1, -0.05) is 6.07 Å². The molecule has 0 saturated carbocycles. The highest BCUT2D eigenvalue weighted by Gasteiger charge is 2.32. The Morgan fingerprint density at radius 3 is 2.41 bits per heavy atom. The standard InChI is InChI=1S/C20H21F3N2O3S/c21-20(22,23)16-5-7-19(25-8-10-28-11-9-25)18(13-16)24-29(26,27)17-6-4-14-2-1-3-15(14)12-17/h4-7,12-13,24H,1-3,8-11H2. The monoisotopic (exact) mass is 426 g/mol. The van der Waals surface area contributed by atoms with Crippen LogP contribution in [0.2, 0.25) is 0 Å². The fourth-order valence-corrected chi connectivity index (χ4v) is 4.91. The van der Waals surface area contributed by atoms with Gasteiger partial charge in [0.15, 0.2) is 0 Å². The van der Waals surface area contributed by atoms with Crippen molar-refractivity contribution in [1.29, 1.82) is 0 Å². The first-order valence-electron chi connectivity index (χ1n) is 9.43.